The van der Waals surface area contributed by atoms with Gasteiger partial charge in [0.25, 0.3) is 0 Å². The summed E-state index contributed by atoms with van der Waals surface area (Å²) in [5.41, 5.74) is 1.97. The fourth-order valence-electron chi connectivity index (χ4n) is 5.34. The predicted molar refractivity (Wildman–Crippen MR) is 112 cm³/mol. The number of esters is 1. The lowest BCUT2D eigenvalue weighted by atomic mass is 9.78. The van der Waals surface area contributed by atoms with E-state index >= 15 is 0 Å². The minimum atomic E-state index is -0.477. The van der Waals surface area contributed by atoms with Gasteiger partial charge in [0.05, 0.1) is 26.4 Å². The van der Waals surface area contributed by atoms with Gasteiger partial charge >= 0.3 is 12.1 Å². The Hall–Kier alpha value is -1.86. The van der Waals surface area contributed by atoms with Crippen molar-refractivity contribution in [2.24, 2.45) is 29.6 Å². The number of ether oxygens (including phenoxy) is 3. The van der Waals surface area contributed by atoms with Crippen LogP contribution in [0.15, 0.2) is 23.8 Å². The molecule has 7 heteroatoms. The van der Waals surface area contributed by atoms with Crippen molar-refractivity contribution in [3.8, 4) is 0 Å². The van der Waals surface area contributed by atoms with Crippen LogP contribution in [0.2, 0.25) is 0 Å². The second kappa shape index (κ2) is 11.0. The molecule has 2 N–H and O–H groups in total. The average Bonchev–Trinajstić information content (AvgIpc) is 3.24. The second-order valence-corrected chi connectivity index (χ2v) is 8.87. The number of carbonyl (C=O) groups is 2. The van der Waals surface area contributed by atoms with Gasteiger partial charge in [0.2, 0.25) is 0 Å². The predicted octanol–water partition coefficient (Wildman–Crippen LogP) is 2.84. The van der Waals surface area contributed by atoms with Gasteiger partial charge in [-0.3, -0.25) is 0 Å². The van der Waals surface area contributed by atoms with Gasteiger partial charge < -0.3 is 24.6 Å². The van der Waals surface area contributed by atoms with Crippen LogP contribution >= 0.6 is 0 Å². The molecular weight excluding hydrogens is 386 g/mol. The number of hydrogen-bond donors (Lipinski definition) is 2. The molecule has 5 atom stereocenters. The van der Waals surface area contributed by atoms with E-state index < -0.39 is 12.1 Å². The number of hydrogen-bond acceptors (Lipinski definition) is 6. The van der Waals surface area contributed by atoms with Gasteiger partial charge in [0.1, 0.15) is 6.61 Å². The molecule has 3 aliphatic carbocycles. The Morgan fingerprint density at radius 2 is 2.00 bits per heavy atom. The van der Waals surface area contributed by atoms with Crippen LogP contribution in [0.1, 0.15) is 39.0 Å². The summed E-state index contributed by atoms with van der Waals surface area (Å²) in [6, 6.07) is 0. The van der Waals surface area contributed by atoms with Gasteiger partial charge in [0.15, 0.2) is 0 Å². The minimum absolute atomic E-state index is 0.0948. The van der Waals surface area contributed by atoms with E-state index in [0.717, 1.165) is 18.9 Å². The average molecular weight is 422 g/mol. The van der Waals surface area contributed by atoms with E-state index in [1.54, 1.807) is 12.5 Å². The maximum absolute atomic E-state index is 11.8. The maximum Gasteiger partial charge on any atom is 0.407 e. The van der Waals surface area contributed by atoms with E-state index in [9.17, 15) is 9.59 Å². The molecule has 1 amide bonds. The lowest BCUT2D eigenvalue weighted by molar-refractivity contribution is -0.138. The molecule has 168 valence electrons. The smallest absolute Gasteiger partial charge is 0.407 e. The number of carbonyl (C=O) groups excluding carboxylic acids is 2. The SMILES string of the molecule is C=C(C)C(=O)OCCNC(=O)OCCC1C=C2C3CC(COCCO)CC(C3)C2C1. The lowest BCUT2D eigenvalue weighted by Gasteiger charge is -2.29. The number of nitrogens with one attached hydrogen (secondary N) is 1. The molecular formula is C23H35NO6. The number of alkyl carbamates (subject to hydrolysis) is 1. The number of rotatable bonds is 11. The number of aliphatic hydroxyl groups excluding tert-OH is 1. The van der Waals surface area contributed by atoms with Crippen LogP contribution in [0.25, 0.3) is 0 Å². The van der Waals surface area contributed by atoms with Gasteiger partial charge in [-0.05, 0) is 68.6 Å². The highest BCUT2D eigenvalue weighted by molar-refractivity contribution is 5.86. The standard InChI is InChI=1S/C23H35NO6/c1-15(2)22(26)29-7-4-24-23(27)30-6-3-16-11-20-18-9-17(14-28-8-5-25)10-19(13-18)21(20)12-16/h11,16-19,21,25H,1,3-10,12-14H2,2H3,(H,24,27). The molecule has 2 fully saturated rings. The quantitative estimate of drug-likeness (QED) is 0.231. The number of fused-ring (bicyclic) bond motifs is 5. The monoisotopic (exact) mass is 421 g/mol. The minimum Gasteiger partial charge on any atom is -0.460 e. The largest absolute Gasteiger partial charge is 0.460 e. The third kappa shape index (κ3) is 6.08. The summed E-state index contributed by atoms with van der Waals surface area (Å²) in [6.07, 6.45) is 7.73. The Bertz CT molecular complexity index is 660. The molecule has 0 aromatic rings. The van der Waals surface area contributed by atoms with Gasteiger partial charge in [-0.2, -0.15) is 0 Å². The summed E-state index contributed by atoms with van der Waals surface area (Å²) in [5, 5.41) is 11.5. The molecule has 0 aromatic carbocycles. The van der Waals surface area contributed by atoms with Crippen LogP contribution in [-0.4, -0.2) is 56.7 Å². The van der Waals surface area contributed by atoms with Crippen molar-refractivity contribution >= 4 is 12.1 Å². The normalized spacial score (nSPS) is 29.1. The van der Waals surface area contributed by atoms with Crippen molar-refractivity contribution in [3.05, 3.63) is 23.8 Å². The molecule has 2 saturated carbocycles. The van der Waals surface area contributed by atoms with Crippen LogP contribution < -0.4 is 5.32 Å². The topological polar surface area (TPSA) is 94.1 Å². The van der Waals surface area contributed by atoms with E-state index in [2.05, 4.69) is 18.0 Å². The van der Waals surface area contributed by atoms with Crippen molar-refractivity contribution in [2.75, 3.05) is 39.6 Å². The molecule has 30 heavy (non-hydrogen) atoms. The molecule has 0 aliphatic heterocycles. The van der Waals surface area contributed by atoms with Gasteiger partial charge in [0, 0.05) is 12.2 Å². The highest BCUT2D eigenvalue weighted by atomic mass is 16.6. The summed E-state index contributed by atoms with van der Waals surface area (Å²) in [4.78, 5) is 23.0. The van der Waals surface area contributed by atoms with Gasteiger partial charge in [-0.25, -0.2) is 9.59 Å². The molecule has 0 aromatic heterocycles. The zero-order valence-electron chi connectivity index (χ0n) is 17.9. The highest BCUT2D eigenvalue weighted by Gasteiger charge is 2.47. The molecule has 3 rings (SSSR count). The first kappa shape index (κ1) is 22.8. The fourth-order valence-corrected chi connectivity index (χ4v) is 5.34. The molecule has 0 heterocycles. The van der Waals surface area contributed by atoms with Crippen LogP contribution in [-0.2, 0) is 19.0 Å². The van der Waals surface area contributed by atoms with Gasteiger partial charge in [-0.1, -0.05) is 18.2 Å². The molecule has 0 saturated heterocycles. The third-order valence-corrected chi connectivity index (χ3v) is 6.56. The molecule has 5 unspecified atom stereocenters. The summed E-state index contributed by atoms with van der Waals surface area (Å²) < 4.78 is 15.8. The van der Waals surface area contributed by atoms with E-state index in [4.69, 9.17) is 19.3 Å². The maximum atomic E-state index is 11.8. The van der Waals surface area contributed by atoms with Crippen LogP contribution in [0.3, 0.4) is 0 Å². The Balaban J connectivity index is 1.32. The van der Waals surface area contributed by atoms with E-state index in [0.29, 0.717) is 42.5 Å². The number of allylic oxidation sites excluding steroid dienone is 2. The highest BCUT2D eigenvalue weighted by Crippen LogP contribution is 2.56. The van der Waals surface area contributed by atoms with E-state index in [1.165, 1.54) is 25.7 Å². The molecule has 2 bridgehead atoms. The Morgan fingerprint density at radius 3 is 2.77 bits per heavy atom. The number of aliphatic hydroxyl groups is 1. The Morgan fingerprint density at radius 1 is 1.17 bits per heavy atom. The lowest BCUT2D eigenvalue weighted by Crippen LogP contribution is -2.29. The Labute approximate surface area is 178 Å². The number of amides is 1. The summed E-state index contributed by atoms with van der Waals surface area (Å²) >= 11 is 0. The van der Waals surface area contributed by atoms with E-state index in [-0.39, 0.29) is 19.8 Å². The summed E-state index contributed by atoms with van der Waals surface area (Å²) in [7, 11) is 0. The Kier molecular flexibility index (Phi) is 8.33. The van der Waals surface area contributed by atoms with Crippen molar-refractivity contribution < 1.29 is 28.9 Å². The molecule has 7 nitrogen and oxygen atoms in total. The van der Waals surface area contributed by atoms with Gasteiger partial charge in [-0.15, -0.1) is 0 Å². The van der Waals surface area contributed by atoms with E-state index in [1.807, 2.05) is 0 Å². The first-order valence-corrected chi connectivity index (χ1v) is 11.1. The zero-order chi connectivity index (χ0) is 21.5. The zero-order valence-corrected chi connectivity index (χ0v) is 17.9. The molecule has 3 aliphatic rings. The third-order valence-electron chi connectivity index (χ3n) is 6.56. The first-order valence-electron chi connectivity index (χ1n) is 11.1. The molecule has 0 spiro atoms. The van der Waals surface area contributed by atoms with Crippen molar-refractivity contribution in [1.82, 2.24) is 5.32 Å². The summed E-state index contributed by atoms with van der Waals surface area (Å²) in [5.74, 6) is 2.79. The summed E-state index contributed by atoms with van der Waals surface area (Å²) in [6.45, 7) is 7.10. The van der Waals surface area contributed by atoms with Crippen LogP contribution in [0.5, 0.6) is 0 Å². The molecule has 0 radical (unpaired) electrons. The van der Waals surface area contributed by atoms with Crippen LogP contribution in [0.4, 0.5) is 4.79 Å². The van der Waals surface area contributed by atoms with Crippen molar-refractivity contribution in [2.45, 2.75) is 39.0 Å². The first-order chi connectivity index (χ1) is 14.5. The van der Waals surface area contributed by atoms with Crippen molar-refractivity contribution in [3.63, 3.8) is 0 Å². The second-order valence-electron chi connectivity index (χ2n) is 8.87. The fraction of sp³-hybridized carbons (Fsp3) is 0.739. The van der Waals surface area contributed by atoms with Crippen LogP contribution in [0, 0.1) is 29.6 Å². The van der Waals surface area contributed by atoms with Crippen molar-refractivity contribution in [1.29, 1.82) is 0 Å².